The lowest BCUT2D eigenvalue weighted by molar-refractivity contribution is 0.217. The lowest BCUT2D eigenvalue weighted by Gasteiger charge is -2.28. The summed E-state index contributed by atoms with van der Waals surface area (Å²) in [7, 11) is 0. The summed E-state index contributed by atoms with van der Waals surface area (Å²) >= 11 is 0. The fourth-order valence-electron chi connectivity index (χ4n) is 3.98. The molecule has 3 heteroatoms. The van der Waals surface area contributed by atoms with Crippen LogP contribution in [0.5, 0.6) is 5.75 Å². The Bertz CT molecular complexity index is 651. The summed E-state index contributed by atoms with van der Waals surface area (Å²) in [6, 6.07) is 8.16. The Hall–Kier alpha value is -1.90. The Morgan fingerprint density at radius 3 is 2.46 bits per heavy atom. The zero-order chi connectivity index (χ0) is 18.2. The summed E-state index contributed by atoms with van der Waals surface area (Å²) in [6.45, 7) is 5.40. The van der Waals surface area contributed by atoms with Crippen molar-refractivity contribution in [2.24, 2.45) is 11.8 Å². The van der Waals surface area contributed by atoms with Crippen molar-refractivity contribution in [1.29, 1.82) is 0 Å². The molecule has 1 saturated carbocycles. The van der Waals surface area contributed by atoms with Gasteiger partial charge in [-0.2, -0.15) is 0 Å². The molecule has 0 aliphatic heterocycles. The highest BCUT2D eigenvalue weighted by Gasteiger charge is 2.20. The van der Waals surface area contributed by atoms with Crippen LogP contribution < -0.4 is 4.74 Å². The van der Waals surface area contributed by atoms with E-state index in [1.54, 1.807) is 0 Å². The van der Waals surface area contributed by atoms with Gasteiger partial charge in [0.05, 0.1) is 6.61 Å². The molecule has 140 valence electrons. The molecule has 0 spiro atoms. The van der Waals surface area contributed by atoms with Crippen molar-refractivity contribution >= 4 is 0 Å². The lowest BCUT2D eigenvalue weighted by Crippen LogP contribution is -2.17. The van der Waals surface area contributed by atoms with Crippen molar-refractivity contribution in [2.75, 3.05) is 6.61 Å². The summed E-state index contributed by atoms with van der Waals surface area (Å²) in [6.07, 6.45) is 14.1. The van der Waals surface area contributed by atoms with Crippen molar-refractivity contribution in [3.63, 3.8) is 0 Å². The van der Waals surface area contributed by atoms with Gasteiger partial charge >= 0.3 is 0 Å². The fourth-order valence-corrected chi connectivity index (χ4v) is 3.98. The van der Waals surface area contributed by atoms with Crippen LogP contribution in [0.3, 0.4) is 0 Å². The maximum Gasteiger partial charge on any atom is 0.159 e. The van der Waals surface area contributed by atoms with Gasteiger partial charge < -0.3 is 4.74 Å². The molecule has 1 fully saturated rings. The van der Waals surface area contributed by atoms with Crippen molar-refractivity contribution in [2.45, 2.75) is 65.2 Å². The first kappa shape index (κ1) is 18.9. The summed E-state index contributed by atoms with van der Waals surface area (Å²) in [4.78, 5) is 8.96. The summed E-state index contributed by atoms with van der Waals surface area (Å²) in [5.74, 6) is 3.52. The number of aromatic nitrogens is 2. The third-order valence-corrected chi connectivity index (χ3v) is 5.63. The van der Waals surface area contributed by atoms with Crippen LogP contribution >= 0.6 is 0 Å². The second-order valence-electron chi connectivity index (χ2n) is 7.70. The molecule has 0 N–H and O–H groups in total. The van der Waals surface area contributed by atoms with Gasteiger partial charge in [0.2, 0.25) is 0 Å². The SMILES string of the molecule is CCCc1cnc(-c2ccc(OCCCC3CCCCC3C)cc2)nc1. The first-order valence-electron chi connectivity index (χ1n) is 10.3. The molecule has 3 nitrogen and oxygen atoms in total. The third-order valence-electron chi connectivity index (χ3n) is 5.63. The number of nitrogens with zero attached hydrogens (tertiary/aromatic N) is 2. The van der Waals surface area contributed by atoms with Crippen molar-refractivity contribution in [1.82, 2.24) is 9.97 Å². The minimum absolute atomic E-state index is 0.780. The summed E-state index contributed by atoms with van der Waals surface area (Å²) in [5.41, 5.74) is 2.24. The van der Waals surface area contributed by atoms with E-state index < -0.39 is 0 Å². The molecule has 1 aliphatic carbocycles. The molecule has 0 saturated heterocycles. The van der Waals surface area contributed by atoms with Gasteiger partial charge in [0.15, 0.2) is 5.82 Å². The average molecular weight is 353 g/mol. The Labute approximate surface area is 158 Å². The van der Waals surface area contributed by atoms with Gasteiger partial charge in [0.1, 0.15) is 5.75 Å². The Kier molecular flexibility index (Phi) is 7.04. The zero-order valence-electron chi connectivity index (χ0n) is 16.3. The second kappa shape index (κ2) is 9.70. The molecule has 0 amide bonds. The number of ether oxygens (including phenoxy) is 1. The monoisotopic (exact) mass is 352 g/mol. The molecule has 0 bridgehead atoms. The Balaban J connectivity index is 1.45. The van der Waals surface area contributed by atoms with E-state index in [0.29, 0.717) is 0 Å². The molecule has 2 aromatic rings. The maximum atomic E-state index is 5.93. The van der Waals surface area contributed by atoms with Crippen LogP contribution in [0, 0.1) is 11.8 Å². The predicted molar refractivity (Wildman–Crippen MR) is 107 cm³/mol. The van der Waals surface area contributed by atoms with Crippen LogP contribution in [0.4, 0.5) is 0 Å². The number of aryl methyl sites for hydroxylation is 1. The van der Waals surface area contributed by atoms with Gasteiger partial charge in [0, 0.05) is 18.0 Å². The van der Waals surface area contributed by atoms with E-state index in [4.69, 9.17) is 4.74 Å². The lowest BCUT2D eigenvalue weighted by atomic mass is 9.78. The van der Waals surface area contributed by atoms with Gasteiger partial charge in [-0.25, -0.2) is 9.97 Å². The van der Waals surface area contributed by atoms with Crippen molar-refractivity contribution < 1.29 is 4.74 Å². The highest BCUT2D eigenvalue weighted by molar-refractivity contribution is 5.55. The van der Waals surface area contributed by atoms with Gasteiger partial charge in [-0.3, -0.25) is 0 Å². The number of benzene rings is 1. The van der Waals surface area contributed by atoms with E-state index >= 15 is 0 Å². The van der Waals surface area contributed by atoms with E-state index in [2.05, 4.69) is 23.8 Å². The minimum atomic E-state index is 0.780. The molecule has 3 rings (SSSR count). The highest BCUT2D eigenvalue weighted by atomic mass is 16.5. The quantitative estimate of drug-likeness (QED) is 0.540. The molecular weight excluding hydrogens is 320 g/mol. The normalized spacial score (nSPS) is 20.1. The Morgan fingerprint density at radius 2 is 1.77 bits per heavy atom. The van der Waals surface area contributed by atoms with Crippen LogP contribution in [-0.2, 0) is 6.42 Å². The molecule has 1 aromatic carbocycles. The zero-order valence-corrected chi connectivity index (χ0v) is 16.3. The minimum Gasteiger partial charge on any atom is -0.494 e. The van der Waals surface area contributed by atoms with Crippen LogP contribution in [0.25, 0.3) is 11.4 Å². The molecule has 1 aliphatic rings. The van der Waals surface area contributed by atoms with Crippen LogP contribution in [0.15, 0.2) is 36.7 Å². The van der Waals surface area contributed by atoms with Crippen molar-refractivity contribution in [3.8, 4) is 17.1 Å². The molecule has 2 unspecified atom stereocenters. The third kappa shape index (κ3) is 5.30. The predicted octanol–water partition coefficient (Wildman–Crippen LogP) is 6.08. The molecular formula is C23H32N2O. The highest BCUT2D eigenvalue weighted by Crippen LogP contribution is 2.32. The first-order valence-corrected chi connectivity index (χ1v) is 10.3. The average Bonchev–Trinajstić information content (AvgIpc) is 2.68. The maximum absolute atomic E-state index is 5.93. The summed E-state index contributed by atoms with van der Waals surface area (Å²) < 4.78 is 5.93. The van der Waals surface area contributed by atoms with Gasteiger partial charge in [0.25, 0.3) is 0 Å². The number of hydrogen-bond acceptors (Lipinski definition) is 3. The van der Waals surface area contributed by atoms with E-state index in [1.165, 1.54) is 37.7 Å². The van der Waals surface area contributed by atoms with Gasteiger partial charge in [-0.15, -0.1) is 0 Å². The van der Waals surface area contributed by atoms with Gasteiger partial charge in [-0.1, -0.05) is 46.0 Å². The van der Waals surface area contributed by atoms with E-state index in [-0.39, 0.29) is 0 Å². The van der Waals surface area contributed by atoms with Crippen LogP contribution in [0.1, 0.15) is 64.4 Å². The van der Waals surface area contributed by atoms with E-state index in [9.17, 15) is 0 Å². The molecule has 1 aromatic heterocycles. The topological polar surface area (TPSA) is 35.0 Å². The smallest absolute Gasteiger partial charge is 0.159 e. The fraction of sp³-hybridized carbons (Fsp3) is 0.565. The number of rotatable bonds is 8. The standard InChI is InChI=1S/C23H32N2O/c1-3-7-19-16-24-23(25-17-19)21-11-13-22(14-12-21)26-15-6-10-20-9-5-4-8-18(20)2/h11-14,16-18,20H,3-10,15H2,1-2H3. The second-order valence-corrected chi connectivity index (χ2v) is 7.70. The molecule has 26 heavy (non-hydrogen) atoms. The summed E-state index contributed by atoms with van der Waals surface area (Å²) in [5, 5.41) is 0. The van der Waals surface area contributed by atoms with E-state index in [1.807, 2.05) is 36.7 Å². The van der Waals surface area contributed by atoms with Crippen LogP contribution in [-0.4, -0.2) is 16.6 Å². The molecule has 0 radical (unpaired) electrons. The Morgan fingerprint density at radius 1 is 1.04 bits per heavy atom. The molecule has 1 heterocycles. The largest absolute Gasteiger partial charge is 0.494 e. The first-order chi connectivity index (χ1) is 12.8. The van der Waals surface area contributed by atoms with Gasteiger partial charge in [-0.05, 0) is 60.9 Å². The van der Waals surface area contributed by atoms with E-state index in [0.717, 1.165) is 54.8 Å². The molecule has 2 atom stereocenters. The van der Waals surface area contributed by atoms with Crippen molar-refractivity contribution in [3.05, 3.63) is 42.2 Å². The van der Waals surface area contributed by atoms with Crippen LogP contribution in [0.2, 0.25) is 0 Å². The number of hydrogen-bond donors (Lipinski definition) is 0.